The Hall–Kier alpha value is -3.68. The average Bonchev–Trinajstić information content (AvgIpc) is 2.97. The third kappa shape index (κ3) is 4.66. The molecule has 1 aliphatic heterocycles. The van der Waals surface area contributed by atoms with Crippen LogP contribution in [-0.4, -0.2) is 54.5 Å². The third-order valence-corrected chi connectivity index (χ3v) is 6.46. The number of imide groups is 1. The van der Waals surface area contributed by atoms with Gasteiger partial charge in [0.25, 0.3) is 15.7 Å². The summed E-state index contributed by atoms with van der Waals surface area (Å²) in [6.07, 6.45) is 2.04. The molecule has 3 rings (SSSR count). The summed E-state index contributed by atoms with van der Waals surface area (Å²) in [5, 5.41) is 2.49. The van der Waals surface area contributed by atoms with E-state index >= 15 is 0 Å². The zero-order valence-electron chi connectivity index (χ0n) is 17.9. The van der Waals surface area contributed by atoms with E-state index in [1.807, 2.05) is 0 Å². The highest BCUT2D eigenvalue weighted by atomic mass is 32.2. The van der Waals surface area contributed by atoms with Gasteiger partial charge in [-0.05, 0) is 49.7 Å². The van der Waals surface area contributed by atoms with Crippen LogP contribution < -0.4 is 10.2 Å². The number of nitrogens with zero attached hydrogens (tertiary/aromatic N) is 3. The molecular formula is C20H19F3N4O6S. The Morgan fingerprint density at radius 2 is 1.82 bits per heavy atom. The standard InChI is InChI=1S/C20H19F3N4O6S/c1-3-33-18(29)25-16-10-24-9-8-13(16)11-26-12(2)17(28)27(19(26)30)14-4-6-15(7-5-14)34(31,32)20(21,22)23/h4-10,12H,3,11H2,1-2H3,(H,25,29). The lowest BCUT2D eigenvalue weighted by molar-refractivity contribution is -0.119. The SMILES string of the molecule is CCOC(=O)Nc1cnccc1CN1C(=O)N(c2ccc(S(=O)(=O)C(F)(F)F)cc2)C(=O)C1C. The molecule has 0 spiro atoms. The first kappa shape index (κ1) is 25.0. The number of urea groups is 1. The molecule has 10 nitrogen and oxygen atoms in total. The Balaban J connectivity index is 1.85. The number of carbonyl (C=O) groups excluding carboxylic acids is 3. The van der Waals surface area contributed by atoms with Gasteiger partial charge in [0.2, 0.25) is 0 Å². The van der Waals surface area contributed by atoms with Gasteiger partial charge in [0.1, 0.15) is 6.04 Å². The number of alkyl halides is 3. The number of hydrogen-bond donors (Lipinski definition) is 1. The van der Waals surface area contributed by atoms with Crippen molar-refractivity contribution >= 4 is 39.2 Å². The van der Waals surface area contributed by atoms with Crippen LogP contribution in [-0.2, 0) is 25.9 Å². The average molecular weight is 500 g/mol. The minimum absolute atomic E-state index is 0.0925. The molecule has 1 N–H and O–H groups in total. The fourth-order valence-corrected chi connectivity index (χ4v) is 3.95. The number of ether oxygens (including phenoxy) is 1. The number of nitrogens with one attached hydrogen (secondary N) is 1. The summed E-state index contributed by atoms with van der Waals surface area (Å²) in [6.45, 7) is 3.12. The molecule has 1 atom stereocenters. The van der Waals surface area contributed by atoms with Gasteiger partial charge in [-0.15, -0.1) is 0 Å². The van der Waals surface area contributed by atoms with Gasteiger partial charge in [-0.1, -0.05) is 0 Å². The summed E-state index contributed by atoms with van der Waals surface area (Å²) < 4.78 is 66.2. The van der Waals surface area contributed by atoms with Crippen LogP contribution in [0.25, 0.3) is 0 Å². The number of carbonyl (C=O) groups is 3. The molecule has 0 radical (unpaired) electrons. The van der Waals surface area contributed by atoms with Crippen LogP contribution in [0.1, 0.15) is 19.4 Å². The molecule has 0 bridgehead atoms. The van der Waals surface area contributed by atoms with E-state index in [2.05, 4.69) is 10.3 Å². The molecule has 1 unspecified atom stereocenters. The summed E-state index contributed by atoms with van der Waals surface area (Å²) in [4.78, 5) is 42.4. The summed E-state index contributed by atoms with van der Waals surface area (Å²) in [5.41, 5.74) is -4.87. The van der Waals surface area contributed by atoms with Gasteiger partial charge >= 0.3 is 17.6 Å². The predicted octanol–water partition coefficient (Wildman–Crippen LogP) is 3.30. The molecule has 0 aliphatic carbocycles. The minimum Gasteiger partial charge on any atom is -0.450 e. The number of anilines is 2. The summed E-state index contributed by atoms with van der Waals surface area (Å²) >= 11 is 0. The van der Waals surface area contributed by atoms with E-state index in [0.717, 1.165) is 17.0 Å². The molecule has 182 valence electrons. The van der Waals surface area contributed by atoms with Crippen molar-refractivity contribution < 1.29 is 40.7 Å². The number of amides is 4. The van der Waals surface area contributed by atoms with Crippen LogP contribution in [0.5, 0.6) is 0 Å². The Morgan fingerprint density at radius 1 is 1.18 bits per heavy atom. The zero-order valence-corrected chi connectivity index (χ0v) is 18.7. The summed E-state index contributed by atoms with van der Waals surface area (Å²) in [5.74, 6) is -0.662. The molecular weight excluding hydrogens is 481 g/mol. The van der Waals surface area contributed by atoms with Crippen LogP contribution in [0.15, 0.2) is 47.6 Å². The number of sulfone groups is 1. The van der Waals surface area contributed by atoms with E-state index in [1.165, 1.54) is 30.3 Å². The summed E-state index contributed by atoms with van der Waals surface area (Å²) in [6, 6.07) is 3.06. The normalized spacial score (nSPS) is 16.7. The van der Waals surface area contributed by atoms with Gasteiger partial charge in [-0.2, -0.15) is 13.2 Å². The number of hydrogen-bond acceptors (Lipinski definition) is 7. The molecule has 2 aromatic rings. The highest BCUT2D eigenvalue weighted by Crippen LogP contribution is 2.33. The zero-order chi connectivity index (χ0) is 25.3. The fraction of sp³-hybridized carbons (Fsp3) is 0.300. The van der Waals surface area contributed by atoms with E-state index in [-0.39, 0.29) is 24.5 Å². The van der Waals surface area contributed by atoms with Crippen LogP contribution in [0.2, 0.25) is 0 Å². The van der Waals surface area contributed by atoms with Gasteiger partial charge in [-0.3, -0.25) is 15.1 Å². The summed E-state index contributed by atoms with van der Waals surface area (Å²) in [7, 11) is -5.57. The van der Waals surface area contributed by atoms with Crippen molar-refractivity contribution in [2.75, 3.05) is 16.8 Å². The maximum absolute atomic E-state index is 13.0. The lowest BCUT2D eigenvalue weighted by Crippen LogP contribution is -2.33. The van der Waals surface area contributed by atoms with Crippen LogP contribution in [0, 0.1) is 0 Å². The van der Waals surface area contributed by atoms with Crippen LogP contribution >= 0.6 is 0 Å². The van der Waals surface area contributed by atoms with Gasteiger partial charge in [0, 0.05) is 6.20 Å². The monoisotopic (exact) mass is 500 g/mol. The molecule has 0 saturated carbocycles. The van der Waals surface area contributed by atoms with Crippen molar-refractivity contribution in [2.45, 2.75) is 36.8 Å². The Kier molecular flexibility index (Phi) is 6.82. The van der Waals surface area contributed by atoms with E-state index < -0.39 is 44.3 Å². The molecule has 2 heterocycles. The first-order valence-electron chi connectivity index (χ1n) is 9.81. The quantitative estimate of drug-likeness (QED) is 0.603. The molecule has 4 amide bonds. The highest BCUT2D eigenvalue weighted by molar-refractivity contribution is 7.92. The van der Waals surface area contributed by atoms with Crippen molar-refractivity contribution in [3.05, 3.63) is 48.3 Å². The number of rotatable bonds is 6. The molecule has 1 fully saturated rings. The predicted molar refractivity (Wildman–Crippen MR) is 112 cm³/mol. The molecule has 1 aromatic heterocycles. The van der Waals surface area contributed by atoms with Gasteiger partial charge < -0.3 is 9.64 Å². The minimum atomic E-state index is -5.57. The van der Waals surface area contributed by atoms with Crippen molar-refractivity contribution in [2.24, 2.45) is 0 Å². The van der Waals surface area contributed by atoms with E-state index in [1.54, 1.807) is 6.92 Å². The first-order chi connectivity index (χ1) is 15.9. The molecule has 1 aliphatic rings. The second kappa shape index (κ2) is 9.29. The van der Waals surface area contributed by atoms with Gasteiger partial charge in [0.05, 0.1) is 35.6 Å². The smallest absolute Gasteiger partial charge is 0.450 e. The lowest BCUT2D eigenvalue weighted by Gasteiger charge is -2.21. The van der Waals surface area contributed by atoms with E-state index in [4.69, 9.17) is 4.74 Å². The molecule has 34 heavy (non-hydrogen) atoms. The Labute approximate surface area is 192 Å². The van der Waals surface area contributed by atoms with Crippen molar-refractivity contribution in [1.29, 1.82) is 0 Å². The van der Waals surface area contributed by atoms with Crippen molar-refractivity contribution in [1.82, 2.24) is 9.88 Å². The fourth-order valence-electron chi connectivity index (χ4n) is 3.19. The van der Waals surface area contributed by atoms with Crippen LogP contribution in [0.3, 0.4) is 0 Å². The second-order valence-electron chi connectivity index (χ2n) is 7.08. The second-order valence-corrected chi connectivity index (χ2v) is 9.02. The van der Waals surface area contributed by atoms with E-state index in [0.29, 0.717) is 17.7 Å². The number of halogens is 3. The third-order valence-electron chi connectivity index (χ3n) is 4.96. The maximum Gasteiger partial charge on any atom is 0.501 e. The Morgan fingerprint density at radius 3 is 2.41 bits per heavy atom. The molecule has 1 saturated heterocycles. The number of aromatic nitrogens is 1. The largest absolute Gasteiger partial charge is 0.501 e. The Bertz CT molecular complexity index is 1220. The number of benzene rings is 1. The first-order valence-corrected chi connectivity index (χ1v) is 11.3. The topological polar surface area (TPSA) is 126 Å². The van der Waals surface area contributed by atoms with Gasteiger partial charge in [-0.25, -0.2) is 22.9 Å². The number of pyridine rings is 1. The van der Waals surface area contributed by atoms with Crippen LogP contribution in [0.4, 0.5) is 34.1 Å². The van der Waals surface area contributed by atoms with Gasteiger partial charge in [0.15, 0.2) is 0 Å². The maximum atomic E-state index is 13.0. The lowest BCUT2D eigenvalue weighted by atomic mass is 10.2. The molecule has 1 aromatic carbocycles. The van der Waals surface area contributed by atoms with Crippen molar-refractivity contribution in [3.8, 4) is 0 Å². The highest BCUT2D eigenvalue weighted by Gasteiger charge is 2.47. The molecule has 14 heteroatoms. The van der Waals surface area contributed by atoms with Crippen molar-refractivity contribution in [3.63, 3.8) is 0 Å². The van der Waals surface area contributed by atoms with E-state index in [9.17, 15) is 36.0 Å².